The van der Waals surface area contributed by atoms with Crippen molar-refractivity contribution >= 4 is 33.2 Å². The molecule has 1 aliphatic rings. The lowest BCUT2D eigenvalue weighted by Crippen LogP contribution is -2.07. The minimum atomic E-state index is 0.682. The van der Waals surface area contributed by atoms with E-state index < -0.39 is 0 Å². The normalized spacial score (nSPS) is 23.6. The van der Waals surface area contributed by atoms with E-state index in [0.717, 1.165) is 15.9 Å². The molecule has 0 fully saturated rings. The van der Waals surface area contributed by atoms with Crippen LogP contribution >= 0.6 is 27.5 Å². The predicted molar refractivity (Wildman–Crippen MR) is 56.3 cm³/mol. The summed E-state index contributed by atoms with van der Waals surface area (Å²) in [6.07, 6.45) is 3.28. The molecule has 0 saturated heterocycles. The molecule has 0 spiro atoms. The van der Waals surface area contributed by atoms with E-state index >= 15 is 0 Å². The first-order valence-electron chi connectivity index (χ1n) is 3.35. The third kappa shape index (κ3) is 1.79. The van der Waals surface area contributed by atoms with Gasteiger partial charge in [0.2, 0.25) is 0 Å². The highest BCUT2D eigenvalue weighted by Crippen LogP contribution is 2.22. The Labute approximate surface area is 84.8 Å². The molecule has 0 bridgehead atoms. The zero-order valence-electron chi connectivity index (χ0n) is 6.56. The van der Waals surface area contributed by atoms with E-state index in [0.29, 0.717) is 5.03 Å². The highest BCUT2D eigenvalue weighted by Gasteiger charge is 2.17. The van der Waals surface area contributed by atoms with Gasteiger partial charge in [-0.1, -0.05) is 18.2 Å². The fourth-order valence-corrected chi connectivity index (χ4v) is 1.43. The van der Waals surface area contributed by atoms with Crippen molar-refractivity contribution in [3.05, 3.63) is 34.2 Å². The Kier molecular flexibility index (Phi) is 3.12. The number of aliphatic imine (C=N–C) groups is 1. The Morgan fingerprint density at radius 3 is 3.00 bits per heavy atom. The predicted octanol–water partition coefficient (Wildman–Crippen LogP) is 2.88. The lowest BCUT2D eigenvalue weighted by atomic mass is 10.3. The van der Waals surface area contributed by atoms with Crippen molar-refractivity contribution in [2.45, 2.75) is 6.92 Å². The molecular weight excluding hydrogens is 239 g/mol. The standard InChI is InChI=1S/C8H8BrClN2/c1-3-11-8-6(9)4-12-7(8)5(2)10/h3-4,12H,1H2,2H3/b7-5-,11-8-. The molecule has 0 atom stereocenters. The van der Waals surface area contributed by atoms with Crippen LogP contribution in [0.4, 0.5) is 0 Å². The van der Waals surface area contributed by atoms with Crippen LogP contribution in [0, 0.1) is 0 Å². The summed E-state index contributed by atoms with van der Waals surface area (Å²) in [6, 6.07) is 0. The number of nitrogens with zero attached hydrogens (tertiary/aromatic N) is 1. The highest BCUT2D eigenvalue weighted by molar-refractivity contribution is 9.12. The average molecular weight is 248 g/mol. The summed E-state index contributed by atoms with van der Waals surface area (Å²) >= 11 is 9.17. The SMILES string of the molecule is C=C/N=C1/C(Br)=CN/C1=C(/C)Cl. The first-order valence-corrected chi connectivity index (χ1v) is 4.52. The first kappa shape index (κ1) is 9.55. The first-order chi connectivity index (χ1) is 5.66. The topological polar surface area (TPSA) is 24.4 Å². The minimum Gasteiger partial charge on any atom is -0.358 e. The van der Waals surface area contributed by atoms with Crippen LogP contribution in [0.25, 0.3) is 0 Å². The lowest BCUT2D eigenvalue weighted by Gasteiger charge is -2.01. The summed E-state index contributed by atoms with van der Waals surface area (Å²) < 4.78 is 0.886. The van der Waals surface area contributed by atoms with E-state index in [1.807, 2.05) is 6.92 Å². The van der Waals surface area contributed by atoms with Gasteiger partial charge in [-0.25, -0.2) is 0 Å². The van der Waals surface area contributed by atoms with Crippen molar-refractivity contribution in [2.75, 3.05) is 0 Å². The molecule has 0 aromatic heterocycles. The molecule has 0 radical (unpaired) electrons. The molecule has 1 N–H and O–H groups in total. The fourth-order valence-electron chi connectivity index (χ4n) is 0.872. The molecule has 0 aromatic carbocycles. The van der Waals surface area contributed by atoms with Gasteiger partial charge in [-0.05, 0) is 22.9 Å². The van der Waals surface area contributed by atoms with Crippen molar-refractivity contribution in [1.29, 1.82) is 0 Å². The lowest BCUT2D eigenvalue weighted by molar-refractivity contribution is 1.15. The number of nitrogens with one attached hydrogen (secondary N) is 1. The Balaban J connectivity index is 3.09. The van der Waals surface area contributed by atoms with Crippen LogP contribution in [0.5, 0.6) is 0 Å². The van der Waals surface area contributed by atoms with Crippen molar-refractivity contribution in [3.63, 3.8) is 0 Å². The van der Waals surface area contributed by atoms with Gasteiger partial charge in [0.25, 0.3) is 0 Å². The van der Waals surface area contributed by atoms with Gasteiger partial charge in [-0.3, -0.25) is 4.99 Å². The van der Waals surface area contributed by atoms with Gasteiger partial charge >= 0.3 is 0 Å². The summed E-state index contributed by atoms with van der Waals surface area (Å²) in [4.78, 5) is 4.07. The Morgan fingerprint density at radius 2 is 2.50 bits per heavy atom. The molecule has 0 saturated carbocycles. The number of rotatable bonds is 1. The Hall–Kier alpha value is -0.540. The van der Waals surface area contributed by atoms with Crippen molar-refractivity contribution < 1.29 is 0 Å². The largest absolute Gasteiger partial charge is 0.358 e. The zero-order chi connectivity index (χ0) is 9.14. The zero-order valence-corrected chi connectivity index (χ0v) is 8.91. The van der Waals surface area contributed by atoms with E-state index in [1.54, 1.807) is 6.20 Å². The molecule has 0 amide bonds. The van der Waals surface area contributed by atoms with Gasteiger partial charge in [0.05, 0.1) is 10.2 Å². The van der Waals surface area contributed by atoms with Gasteiger partial charge in [0.15, 0.2) is 0 Å². The molecule has 4 heteroatoms. The molecular formula is C8H8BrClN2. The summed E-state index contributed by atoms with van der Waals surface area (Å²) in [7, 11) is 0. The van der Waals surface area contributed by atoms with Crippen molar-refractivity contribution in [3.8, 4) is 0 Å². The van der Waals surface area contributed by atoms with E-state index in [4.69, 9.17) is 11.6 Å². The highest BCUT2D eigenvalue weighted by atomic mass is 79.9. The molecule has 0 unspecified atom stereocenters. The maximum absolute atomic E-state index is 5.83. The quantitative estimate of drug-likeness (QED) is 0.757. The van der Waals surface area contributed by atoms with Gasteiger partial charge in [-0.2, -0.15) is 0 Å². The van der Waals surface area contributed by atoms with E-state index in [-0.39, 0.29) is 0 Å². The second-order valence-corrected chi connectivity index (χ2v) is 3.63. The van der Waals surface area contributed by atoms with E-state index in [2.05, 4.69) is 32.8 Å². The molecule has 1 rings (SSSR count). The third-order valence-corrected chi connectivity index (χ3v) is 2.16. The minimum absolute atomic E-state index is 0.682. The molecule has 1 heterocycles. The monoisotopic (exact) mass is 246 g/mol. The van der Waals surface area contributed by atoms with Gasteiger partial charge in [0.1, 0.15) is 5.71 Å². The fraction of sp³-hybridized carbons (Fsp3) is 0.125. The maximum Gasteiger partial charge on any atom is 0.103 e. The second kappa shape index (κ2) is 3.92. The molecule has 2 nitrogen and oxygen atoms in total. The van der Waals surface area contributed by atoms with Crippen LogP contribution in [0.3, 0.4) is 0 Å². The number of allylic oxidation sites excluding steroid dienone is 2. The summed E-state index contributed by atoms with van der Waals surface area (Å²) in [5.41, 5.74) is 1.61. The van der Waals surface area contributed by atoms with Crippen LogP contribution < -0.4 is 5.32 Å². The van der Waals surface area contributed by atoms with E-state index in [9.17, 15) is 0 Å². The summed E-state index contributed by atoms with van der Waals surface area (Å²) in [5, 5.41) is 3.68. The number of halogens is 2. The van der Waals surface area contributed by atoms with Crippen LogP contribution in [0.1, 0.15) is 6.92 Å². The average Bonchev–Trinajstić information content (AvgIpc) is 2.34. The van der Waals surface area contributed by atoms with E-state index in [1.165, 1.54) is 6.20 Å². The Morgan fingerprint density at radius 1 is 1.83 bits per heavy atom. The number of hydrogen-bond acceptors (Lipinski definition) is 2. The molecule has 12 heavy (non-hydrogen) atoms. The van der Waals surface area contributed by atoms with Crippen LogP contribution in [-0.2, 0) is 0 Å². The van der Waals surface area contributed by atoms with Crippen molar-refractivity contribution in [1.82, 2.24) is 5.32 Å². The van der Waals surface area contributed by atoms with Gasteiger partial charge in [0, 0.05) is 17.4 Å². The van der Waals surface area contributed by atoms with Crippen LogP contribution in [0.2, 0.25) is 0 Å². The maximum atomic E-state index is 5.83. The smallest absolute Gasteiger partial charge is 0.103 e. The molecule has 0 aromatic rings. The van der Waals surface area contributed by atoms with Gasteiger partial charge < -0.3 is 5.32 Å². The summed E-state index contributed by atoms with van der Waals surface area (Å²) in [6.45, 7) is 5.33. The Bertz CT molecular complexity index is 298. The van der Waals surface area contributed by atoms with Crippen molar-refractivity contribution in [2.24, 2.45) is 4.99 Å². The molecule has 1 aliphatic heterocycles. The molecule has 0 aliphatic carbocycles. The van der Waals surface area contributed by atoms with Gasteiger partial charge in [-0.15, -0.1) is 0 Å². The molecule has 64 valence electrons. The summed E-state index contributed by atoms with van der Waals surface area (Å²) in [5.74, 6) is 0. The second-order valence-electron chi connectivity index (χ2n) is 2.21. The third-order valence-electron chi connectivity index (χ3n) is 1.37. The van der Waals surface area contributed by atoms with Crippen LogP contribution in [0.15, 0.2) is 39.2 Å². The number of hydrogen-bond donors (Lipinski definition) is 1. The van der Waals surface area contributed by atoms with Crippen LogP contribution in [-0.4, -0.2) is 5.71 Å².